The van der Waals surface area contributed by atoms with E-state index in [9.17, 15) is 18.0 Å². The Hall–Kier alpha value is -4.05. The molecule has 0 aliphatic rings. The number of H-pyrrole nitrogens is 1. The quantitative estimate of drug-likeness (QED) is 0.444. The molecule has 7 nitrogen and oxygen atoms in total. The Bertz CT molecular complexity index is 1290. The van der Waals surface area contributed by atoms with Crippen molar-refractivity contribution in [3.05, 3.63) is 82.9 Å². The number of benzene rings is 2. The predicted molar refractivity (Wildman–Crippen MR) is 113 cm³/mol. The maximum absolute atomic E-state index is 11.5. The summed E-state index contributed by atoms with van der Waals surface area (Å²) in [6.45, 7) is 0.496. The number of carbonyl (C=O) groups is 1. The van der Waals surface area contributed by atoms with E-state index >= 15 is 0 Å². The Morgan fingerprint density at radius 1 is 1.03 bits per heavy atom. The first-order chi connectivity index (χ1) is 15.2. The number of nitrogens with one attached hydrogen (secondary N) is 1. The molecule has 10 heteroatoms. The van der Waals surface area contributed by atoms with Crippen molar-refractivity contribution in [3.63, 3.8) is 0 Å². The molecule has 0 atom stereocenters. The van der Waals surface area contributed by atoms with Gasteiger partial charge in [0, 0.05) is 29.3 Å². The second-order valence-electron chi connectivity index (χ2n) is 6.58. The summed E-state index contributed by atoms with van der Waals surface area (Å²) in [5, 5.41) is 7.92. The molecular weight excluding hydrogens is 425 g/mol. The van der Waals surface area contributed by atoms with Gasteiger partial charge >= 0.3 is 17.8 Å². The van der Waals surface area contributed by atoms with Crippen molar-refractivity contribution < 1.29 is 23.1 Å². The summed E-state index contributed by atoms with van der Waals surface area (Å²) in [7, 11) is 0. The van der Waals surface area contributed by atoms with Crippen LogP contribution in [0.25, 0.3) is 33.4 Å². The number of nitrogens with two attached hydrogens (primary N) is 1. The zero-order valence-electron chi connectivity index (χ0n) is 16.4. The second kappa shape index (κ2) is 9.40. The molecule has 4 aromatic rings. The van der Waals surface area contributed by atoms with Crippen molar-refractivity contribution in [1.82, 2.24) is 15.0 Å². The Balaban J connectivity index is 0.000000360. The highest BCUT2D eigenvalue weighted by Crippen LogP contribution is 2.32. The van der Waals surface area contributed by atoms with E-state index in [1.54, 1.807) is 6.20 Å². The molecule has 0 saturated heterocycles. The molecule has 0 fully saturated rings. The van der Waals surface area contributed by atoms with Crippen molar-refractivity contribution >= 4 is 17.0 Å². The van der Waals surface area contributed by atoms with E-state index in [0.29, 0.717) is 12.2 Å². The molecule has 0 spiro atoms. The lowest BCUT2D eigenvalue weighted by atomic mass is 9.98. The molecule has 0 amide bonds. The number of aromatic nitrogens is 3. The van der Waals surface area contributed by atoms with Gasteiger partial charge in [-0.05, 0) is 17.2 Å². The number of aromatic amines is 1. The number of carboxylic acids is 1. The number of hydrogen-bond acceptors (Lipinski definition) is 5. The maximum Gasteiger partial charge on any atom is 0.490 e. The molecule has 4 rings (SSSR count). The van der Waals surface area contributed by atoms with Gasteiger partial charge in [0.05, 0.1) is 5.69 Å². The van der Waals surface area contributed by atoms with Gasteiger partial charge in [0.1, 0.15) is 5.65 Å². The molecule has 0 unspecified atom stereocenters. The molecule has 0 aliphatic carbocycles. The second-order valence-corrected chi connectivity index (χ2v) is 6.58. The van der Waals surface area contributed by atoms with E-state index in [1.807, 2.05) is 60.7 Å². The lowest BCUT2D eigenvalue weighted by molar-refractivity contribution is -0.192. The maximum atomic E-state index is 11.5. The molecule has 2 heterocycles. The molecule has 2 aromatic carbocycles. The van der Waals surface area contributed by atoms with Gasteiger partial charge in [-0.1, -0.05) is 54.6 Å². The summed E-state index contributed by atoms with van der Waals surface area (Å²) in [5.74, 6) is -2.76. The summed E-state index contributed by atoms with van der Waals surface area (Å²) in [5.41, 5.74) is 10.7. The third kappa shape index (κ3) is 5.35. The minimum atomic E-state index is -5.08. The molecule has 32 heavy (non-hydrogen) atoms. The standard InChI is InChI=1S/C20H16N4O.C2HF3O2/c21-11-13-6-8-15(9-7-13)18-17(14-4-2-1-3-5-14)10-16-12-22-20(25)24-19(16)23-18;3-2(4,5)1(6)7/h1-10,12H,11,21H2,(H,22,23,24,25);(H,6,7). The van der Waals surface area contributed by atoms with Crippen molar-refractivity contribution in [1.29, 1.82) is 0 Å². The number of aliphatic carboxylic acids is 1. The number of rotatable bonds is 3. The lowest BCUT2D eigenvalue weighted by Crippen LogP contribution is -2.21. The van der Waals surface area contributed by atoms with Crippen LogP contribution in [0.5, 0.6) is 0 Å². The van der Waals surface area contributed by atoms with Crippen LogP contribution in [0.3, 0.4) is 0 Å². The molecule has 4 N–H and O–H groups in total. The Morgan fingerprint density at radius 2 is 1.66 bits per heavy atom. The number of hydrogen-bond donors (Lipinski definition) is 3. The highest BCUT2D eigenvalue weighted by molar-refractivity contribution is 5.89. The minimum absolute atomic E-state index is 0.406. The van der Waals surface area contributed by atoms with Gasteiger partial charge in [-0.15, -0.1) is 0 Å². The van der Waals surface area contributed by atoms with Gasteiger partial charge in [0.2, 0.25) is 0 Å². The van der Waals surface area contributed by atoms with E-state index in [1.165, 1.54) is 0 Å². The third-order valence-corrected chi connectivity index (χ3v) is 4.39. The predicted octanol–water partition coefficient (Wildman–Crippen LogP) is 3.74. The SMILES string of the molecule is NCc1ccc(-c2nc3[nH]c(=O)ncc3cc2-c2ccccc2)cc1.O=C(O)C(F)(F)F. The molecule has 0 saturated carbocycles. The van der Waals surface area contributed by atoms with Crippen LogP contribution in [0, 0.1) is 0 Å². The van der Waals surface area contributed by atoms with Gasteiger partial charge in [0.25, 0.3) is 0 Å². The van der Waals surface area contributed by atoms with Gasteiger partial charge in [0.15, 0.2) is 0 Å². The first-order valence-corrected chi connectivity index (χ1v) is 9.24. The van der Waals surface area contributed by atoms with Crippen molar-refractivity contribution in [3.8, 4) is 22.4 Å². The molecule has 164 valence electrons. The summed E-state index contributed by atoms with van der Waals surface area (Å²) >= 11 is 0. The van der Waals surface area contributed by atoms with Crippen LogP contribution < -0.4 is 11.4 Å². The minimum Gasteiger partial charge on any atom is -0.475 e. The van der Waals surface area contributed by atoms with Crippen molar-refractivity contribution in [2.24, 2.45) is 5.73 Å². The molecule has 2 aromatic heterocycles. The number of halogens is 3. The highest BCUT2D eigenvalue weighted by Gasteiger charge is 2.38. The Kier molecular flexibility index (Phi) is 6.64. The van der Waals surface area contributed by atoms with E-state index < -0.39 is 17.8 Å². The van der Waals surface area contributed by atoms with Crippen molar-refractivity contribution in [2.75, 3.05) is 0 Å². The first-order valence-electron chi connectivity index (χ1n) is 9.24. The third-order valence-electron chi connectivity index (χ3n) is 4.39. The summed E-state index contributed by atoms with van der Waals surface area (Å²) in [6, 6.07) is 20.0. The van der Waals surface area contributed by atoms with Crippen LogP contribution in [-0.4, -0.2) is 32.2 Å². The molecule has 0 aliphatic heterocycles. The van der Waals surface area contributed by atoms with Gasteiger partial charge in [-0.25, -0.2) is 19.6 Å². The monoisotopic (exact) mass is 442 g/mol. The first kappa shape index (κ1) is 22.6. The van der Waals surface area contributed by atoms with Gasteiger partial charge in [-0.2, -0.15) is 13.2 Å². The number of fused-ring (bicyclic) bond motifs is 1. The van der Waals surface area contributed by atoms with Gasteiger partial charge in [-0.3, -0.25) is 4.98 Å². The zero-order chi connectivity index (χ0) is 23.3. The largest absolute Gasteiger partial charge is 0.490 e. The summed E-state index contributed by atoms with van der Waals surface area (Å²) < 4.78 is 31.7. The molecular formula is C22H17F3N4O3. The van der Waals surface area contributed by atoms with Crippen LogP contribution in [0.15, 0.2) is 71.7 Å². The number of nitrogens with zero attached hydrogens (tertiary/aromatic N) is 2. The van der Waals surface area contributed by atoms with Crippen LogP contribution in [0.4, 0.5) is 13.2 Å². The summed E-state index contributed by atoms with van der Waals surface area (Å²) in [6.07, 6.45) is -3.53. The van der Waals surface area contributed by atoms with Crippen LogP contribution in [-0.2, 0) is 11.3 Å². The van der Waals surface area contributed by atoms with Crippen molar-refractivity contribution in [2.45, 2.75) is 12.7 Å². The van der Waals surface area contributed by atoms with E-state index in [0.717, 1.165) is 33.3 Å². The van der Waals surface area contributed by atoms with E-state index in [-0.39, 0.29) is 0 Å². The average molecular weight is 442 g/mol. The summed E-state index contributed by atoms with van der Waals surface area (Å²) in [4.78, 5) is 31.7. The molecule has 0 bridgehead atoms. The van der Waals surface area contributed by atoms with Crippen LogP contribution >= 0.6 is 0 Å². The zero-order valence-corrected chi connectivity index (χ0v) is 16.4. The smallest absolute Gasteiger partial charge is 0.475 e. The van der Waals surface area contributed by atoms with Crippen LogP contribution in [0.1, 0.15) is 5.56 Å². The number of pyridine rings is 1. The topological polar surface area (TPSA) is 122 Å². The number of carboxylic acid groups (broad SMARTS) is 1. The average Bonchev–Trinajstić information content (AvgIpc) is 2.78. The van der Waals surface area contributed by atoms with E-state index in [4.69, 9.17) is 20.6 Å². The normalized spacial score (nSPS) is 11.0. The van der Waals surface area contributed by atoms with E-state index in [2.05, 4.69) is 9.97 Å². The fourth-order valence-electron chi connectivity index (χ4n) is 2.85. The molecule has 0 radical (unpaired) electrons. The van der Waals surface area contributed by atoms with Gasteiger partial charge < -0.3 is 10.8 Å². The Morgan fingerprint density at radius 3 is 2.22 bits per heavy atom. The fourth-order valence-corrected chi connectivity index (χ4v) is 2.85. The van der Waals surface area contributed by atoms with Crippen LogP contribution in [0.2, 0.25) is 0 Å². The highest BCUT2D eigenvalue weighted by atomic mass is 19.4. The number of alkyl halides is 3. The Labute approximate surface area is 179 Å². The lowest BCUT2D eigenvalue weighted by Gasteiger charge is -2.11. The fraction of sp³-hybridized carbons (Fsp3) is 0.0909.